The Morgan fingerprint density at radius 1 is 1.36 bits per heavy atom. The Morgan fingerprint density at radius 3 is 2.86 bits per heavy atom. The summed E-state index contributed by atoms with van der Waals surface area (Å²) in [4.78, 5) is 32.4. The van der Waals surface area contributed by atoms with E-state index in [1.54, 1.807) is 7.05 Å². The number of aromatic nitrogens is 2. The summed E-state index contributed by atoms with van der Waals surface area (Å²) >= 11 is 1.87. The van der Waals surface area contributed by atoms with Gasteiger partial charge in [-0.15, -0.1) is 0 Å². The summed E-state index contributed by atoms with van der Waals surface area (Å²) in [6.45, 7) is 3.12. The van der Waals surface area contributed by atoms with Crippen molar-refractivity contribution in [3.63, 3.8) is 0 Å². The Labute approximate surface area is 133 Å². The van der Waals surface area contributed by atoms with Gasteiger partial charge in [-0.2, -0.15) is 11.8 Å². The molecule has 1 aromatic heterocycles. The van der Waals surface area contributed by atoms with Gasteiger partial charge in [0.1, 0.15) is 5.82 Å². The van der Waals surface area contributed by atoms with Gasteiger partial charge in [-0.25, -0.2) is 4.98 Å². The average Bonchev–Trinajstić information content (AvgIpc) is 2.57. The van der Waals surface area contributed by atoms with E-state index in [2.05, 4.69) is 4.98 Å². The van der Waals surface area contributed by atoms with E-state index < -0.39 is 6.10 Å². The monoisotopic (exact) mass is 324 g/mol. The number of morpholine rings is 1. The van der Waals surface area contributed by atoms with Gasteiger partial charge in [0, 0.05) is 44.3 Å². The third-order valence-corrected chi connectivity index (χ3v) is 4.89. The smallest absolute Gasteiger partial charge is 0.255 e. The Kier molecular flexibility index (Phi) is 4.68. The van der Waals surface area contributed by atoms with Gasteiger partial charge in [-0.3, -0.25) is 9.59 Å². The van der Waals surface area contributed by atoms with Crippen molar-refractivity contribution < 1.29 is 9.53 Å². The fourth-order valence-corrected chi connectivity index (χ4v) is 3.52. The van der Waals surface area contributed by atoms with Gasteiger partial charge >= 0.3 is 0 Å². The van der Waals surface area contributed by atoms with Crippen LogP contribution in [-0.4, -0.2) is 70.8 Å². The predicted molar refractivity (Wildman–Crippen MR) is 85.3 cm³/mol. The highest BCUT2D eigenvalue weighted by Crippen LogP contribution is 2.17. The van der Waals surface area contributed by atoms with E-state index in [-0.39, 0.29) is 11.5 Å². The van der Waals surface area contributed by atoms with Crippen LogP contribution in [0.2, 0.25) is 0 Å². The molecule has 1 amide bonds. The summed E-state index contributed by atoms with van der Waals surface area (Å²) in [5.41, 5.74) is -0.104. The molecule has 3 heterocycles. The van der Waals surface area contributed by atoms with Crippen LogP contribution in [0.25, 0.3) is 0 Å². The highest BCUT2D eigenvalue weighted by Gasteiger charge is 2.31. The van der Waals surface area contributed by atoms with Crippen molar-refractivity contribution in [2.75, 3.05) is 49.2 Å². The molecule has 0 aromatic carbocycles. The topological polar surface area (TPSA) is 67.7 Å². The molecular weight excluding hydrogens is 304 g/mol. The fraction of sp³-hybridized carbons (Fsp3) is 0.643. The maximum absolute atomic E-state index is 12.5. The van der Waals surface area contributed by atoms with Crippen molar-refractivity contribution >= 4 is 23.5 Å². The van der Waals surface area contributed by atoms with E-state index in [0.717, 1.165) is 24.6 Å². The van der Waals surface area contributed by atoms with E-state index in [1.165, 1.54) is 17.0 Å². The lowest BCUT2D eigenvalue weighted by molar-refractivity contribution is -0.144. The first-order chi connectivity index (χ1) is 10.6. The van der Waals surface area contributed by atoms with Crippen molar-refractivity contribution in [1.82, 2.24) is 14.5 Å². The second-order valence-corrected chi connectivity index (χ2v) is 6.66. The molecule has 120 valence electrons. The largest absolute Gasteiger partial charge is 0.365 e. The third kappa shape index (κ3) is 3.27. The van der Waals surface area contributed by atoms with Gasteiger partial charge in [-0.05, 0) is 0 Å². The zero-order valence-corrected chi connectivity index (χ0v) is 13.4. The summed E-state index contributed by atoms with van der Waals surface area (Å²) in [5, 5.41) is 0. The standard InChI is InChI=1S/C14H20N4O3S/c1-16-10-15-12(8-13(16)19)18-2-5-21-11(9-18)14(20)17-3-6-22-7-4-17/h8,10-11H,2-7,9H2,1H3. The second kappa shape index (κ2) is 6.70. The molecule has 22 heavy (non-hydrogen) atoms. The highest BCUT2D eigenvalue weighted by molar-refractivity contribution is 7.99. The van der Waals surface area contributed by atoms with Crippen LogP contribution in [0.1, 0.15) is 0 Å². The summed E-state index contributed by atoms with van der Waals surface area (Å²) in [6, 6.07) is 1.50. The van der Waals surface area contributed by atoms with Crippen molar-refractivity contribution in [2.24, 2.45) is 7.05 Å². The van der Waals surface area contributed by atoms with Gasteiger partial charge in [0.05, 0.1) is 19.5 Å². The van der Waals surface area contributed by atoms with Gasteiger partial charge in [0.2, 0.25) is 0 Å². The summed E-state index contributed by atoms with van der Waals surface area (Å²) in [5.74, 6) is 2.63. The van der Waals surface area contributed by atoms with Crippen molar-refractivity contribution in [2.45, 2.75) is 6.10 Å². The number of thioether (sulfide) groups is 1. The van der Waals surface area contributed by atoms with Crippen LogP contribution in [0.4, 0.5) is 5.82 Å². The van der Waals surface area contributed by atoms with Crippen molar-refractivity contribution in [3.8, 4) is 0 Å². The van der Waals surface area contributed by atoms with Gasteiger partial charge < -0.3 is 19.1 Å². The first-order valence-corrected chi connectivity index (χ1v) is 8.56. The molecule has 7 nitrogen and oxygen atoms in total. The van der Waals surface area contributed by atoms with E-state index >= 15 is 0 Å². The van der Waals surface area contributed by atoms with Crippen LogP contribution in [0.3, 0.4) is 0 Å². The number of aryl methyl sites for hydroxylation is 1. The first-order valence-electron chi connectivity index (χ1n) is 7.41. The van der Waals surface area contributed by atoms with E-state index in [1.807, 2.05) is 21.6 Å². The number of hydrogen-bond donors (Lipinski definition) is 0. The number of anilines is 1. The van der Waals surface area contributed by atoms with Crippen LogP contribution in [0.5, 0.6) is 0 Å². The molecule has 2 aliphatic rings. The van der Waals surface area contributed by atoms with Gasteiger partial charge in [-0.1, -0.05) is 0 Å². The minimum atomic E-state index is -0.470. The SMILES string of the molecule is Cn1cnc(N2CCOC(C(=O)N3CCSCC3)C2)cc1=O. The number of hydrogen-bond acceptors (Lipinski definition) is 6. The molecule has 1 atom stereocenters. The summed E-state index contributed by atoms with van der Waals surface area (Å²) in [6.07, 6.45) is 1.04. The summed E-state index contributed by atoms with van der Waals surface area (Å²) in [7, 11) is 1.67. The number of carbonyl (C=O) groups is 1. The number of nitrogens with zero attached hydrogens (tertiary/aromatic N) is 4. The number of carbonyl (C=O) groups excluding carboxylic acids is 1. The Hall–Kier alpha value is -1.54. The molecule has 0 spiro atoms. The Balaban J connectivity index is 1.69. The predicted octanol–water partition coefficient (Wildman–Crippen LogP) is -0.439. The minimum absolute atomic E-state index is 0.0498. The van der Waals surface area contributed by atoms with Crippen molar-refractivity contribution in [1.29, 1.82) is 0 Å². The number of rotatable bonds is 2. The second-order valence-electron chi connectivity index (χ2n) is 5.44. The number of amides is 1. The van der Waals surface area contributed by atoms with E-state index in [4.69, 9.17) is 4.74 Å². The first kappa shape index (κ1) is 15.4. The van der Waals surface area contributed by atoms with Gasteiger partial charge in [0.15, 0.2) is 6.10 Å². The third-order valence-electron chi connectivity index (χ3n) is 3.95. The average molecular weight is 324 g/mol. The van der Waals surface area contributed by atoms with Crippen LogP contribution < -0.4 is 10.5 Å². The van der Waals surface area contributed by atoms with Crippen LogP contribution in [-0.2, 0) is 16.6 Å². The normalized spacial score (nSPS) is 22.7. The van der Waals surface area contributed by atoms with E-state index in [0.29, 0.717) is 25.5 Å². The molecule has 2 saturated heterocycles. The molecule has 0 saturated carbocycles. The molecule has 2 fully saturated rings. The molecule has 1 unspecified atom stereocenters. The van der Waals surface area contributed by atoms with Crippen molar-refractivity contribution in [3.05, 3.63) is 22.7 Å². The Morgan fingerprint density at radius 2 is 2.14 bits per heavy atom. The molecule has 8 heteroatoms. The molecule has 0 aliphatic carbocycles. The van der Waals surface area contributed by atoms with Crippen LogP contribution in [0.15, 0.2) is 17.2 Å². The lowest BCUT2D eigenvalue weighted by Crippen LogP contribution is -2.53. The Bertz CT molecular complexity index is 600. The molecular formula is C14H20N4O3S. The molecule has 3 rings (SSSR count). The van der Waals surface area contributed by atoms with Gasteiger partial charge in [0.25, 0.3) is 11.5 Å². The van der Waals surface area contributed by atoms with Crippen LogP contribution >= 0.6 is 11.8 Å². The van der Waals surface area contributed by atoms with Crippen LogP contribution in [0, 0.1) is 0 Å². The minimum Gasteiger partial charge on any atom is -0.365 e. The zero-order chi connectivity index (χ0) is 15.5. The fourth-order valence-electron chi connectivity index (χ4n) is 2.62. The molecule has 0 N–H and O–H groups in total. The summed E-state index contributed by atoms with van der Waals surface area (Å²) < 4.78 is 7.08. The quantitative estimate of drug-likeness (QED) is 0.735. The number of ether oxygens (including phenoxy) is 1. The molecule has 0 bridgehead atoms. The molecule has 0 radical (unpaired) electrons. The lowest BCUT2D eigenvalue weighted by Gasteiger charge is -2.36. The maximum Gasteiger partial charge on any atom is 0.255 e. The maximum atomic E-state index is 12.5. The lowest BCUT2D eigenvalue weighted by atomic mass is 10.2. The molecule has 1 aromatic rings. The zero-order valence-electron chi connectivity index (χ0n) is 12.6. The van der Waals surface area contributed by atoms with E-state index in [9.17, 15) is 9.59 Å². The highest BCUT2D eigenvalue weighted by atomic mass is 32.2. The molecule has 2 aliphatic heterocycles.